The number of rotatable bonds is 2. The maximum atomic E-state index is 13.5. The quantitative estimate of drug-likeness (QED) is 0.776. The topological polar surface area (TPSA) is 72.7 Å². The minimum atomic E-state index is -0.458. The minimum absolute atomic E-state index is 0.161. The molecule has 0 atom stereocenters. The summed E-state index contributed by atoms with van der Waals surface area (Å²) in [6.07, 6.45) is 1.56. The van der Waals surface area contributed by atoms with Crippen molar-refractivity contribution in [1.29, 1.82) is 0 Å². The molecule has 0 fully saturated rings. The monoisotopic (exact) mass is 343 g/mol. The van der Waals surface area contributed by atoms with Crippen molar-refractivity contribution in [3.8, 4) is 22.8 Å². The zero-order chi connectivity index (χ0) is 16.7. The summed E-state index contributed by atoms with van der Waals surface area (Å²) in [5.41, 5.74) is 2.08. The van der Waals surface area contributed by atoms with Crippen LogP contribution in [0.15, 0.2) is 36.5 Å². The molecule has 3 heterocycles. The molecule has 0 saturated carbocycles. The van der Waals surface area contributed by atoms with E-state index in [1.165, 1.54) is 12.1 Å². The van der Waals surface area contributed by atoms with Gasteiger partial charge in [0.2, 0.25) is 0 Å². The van der Waals surface area contributed by atoms with Gasteiger partial charge in [0.1, 0.15) is 17.2 Å². The molecule has 8 heteroatoms. The predicted molar refractivity (Wildman–Crippen MR) is 86.0 cm³/mol. The molecule has 0 radical (unpaired) electrons. The molecule has 120 valence electrons. The van der Waals surface area contributed by atoms with Gasteiger partial charge in [-0.15, -0.1) is 0 Å². The molecule has 0 unspecified atom stereocenters. The molecular formula is C16H11ClFN5O. The molecule has 4 rings (SSSR count). The summed E-state index contributed by atoms with van der Waals surface area (Å²) in [6, 6.07) is 7.50. The smallest absolute Gasteiger partial charge is 0.269 e. The highest BCUT2D eigenvalue weighted by Crippen LogP contribution is 2.24. The Balaban J connectivity index is 1.77. The van der Waals surface area contributed by atoms with Crippen molar-refractivity contribution < 1.29 is 9.18 Å². The largest absolute Gasteiger partial charge is 0.349 e. The fourth-order valence-corrected chi connectivity index (χ4v) is 2.81. The van der Waals surface area contributed by atoms with Gasteiger partial charge < -0.3 is 5.32 Å². The van der Waals surface area contributed by atoms with Gasteiger partial charge in [0.15, 0.2) is 5.82 Å². The summed E-state index contributed by atoms with van der Waals surface area (Å²) in [4.78, 5) is 20.4. The highest BCUT2D eigenvalue weighted by molar-refractivity contribution is 6.30. The van der Waals surface area contributed by atoms with E-state index in [1.807, 2.05) is 0 Å². The predicted octanol–water partition coefficient (Wildman–Crippen LogP) is 2.54. The van der Waals surface area contributed by atoms with Crippen LogP contribution in [-0.4, -0.2) is 32.2 Å². The van der Waals surface area contributed by atoms with Gasteiger partial charge in [-0.3, -0.25) is 9.48 Å². The van der Waals surface area contributed by atoms with Crippen LogP contribution < -0.4 is 5.32 Å². The van der Waals surface area contributed by atoms with Crippen molar-refractivity contribution >= 4 is 17.5 Å². The number of carbonyl (C=O) groups excluding carboxylic acids is 1. The molecular weight excluding hydrogens is 333 g/mol. The summed E-state index contributed by atoms with van der Waals surface area (Å²) in [5, 5.41) is 7.44. The number of hydrogen-bond donors (Lipinski definition) is 1. The van der Waals surface area contributed by atoms with E-state index in [0.29, 0.717) is 41.6 Å². The van der Waals surface area contributed by atoms with E-state index in [2.05, 4.69) is 20.4 Å². The Morgan fingerprint density at radius 3 is 2.88 bits per heavy atom. The van der Waals surface area contributed by atoms with Crippen LogP contribution in [0.25, 0.3) is 22.8 Å². The number of aromatic nitrogens is 4. The summed E-state index contributed by atoms with van der Waals surface area (Å²) in [5.74, 6) is -0.281. The van der Waals surface area contributed by atoms with Crippen molar-refractivity contribution in [1.82, 2.24) is 25.1 Å². The van der Waals surface area contributed by atoms with Crippen LogP contribution in [0, 0.1) is 5.82 Å². The number of benzene rings is 1. The first-order valence-corrected chi connectivity index (χ1v) is 7.64. The lowest BCUT2D eigenvalue weighted by molar-refractivity contribution is 0.0924. The van der Waals surface area contributed by atoms with Crippen molar-refractivity contribution in [2.24, 2.45) is 0 Å². The Morgan fingerprint density at radius 1 is 1.21 bits per heavy atom. The second-order valence-electron chi connectivity index (χ2n) is 5.32. The molecule has 24 heavy (non-hydrogen) atoms. The second-order valence-corrected chi connectivity index (χ2v) is 5.75. The number of nitrogens with one attached hydrogen (secondary N) is 1. The van der Waals surface area contributed by atoms with Crippen molar-refractivity contribution in [2.45, 2.75) is 6.54 Å². The standard InChI is InChI=1S/C16H11ClFN5O/c17-10-5-9(6-11(18)7-10)15-19-2-1-12(21-15)13-8-14-16(24)20-3-4-23(14)22-13/h1-2,5-8H,3-4H2,(H,20,24). The zero-order valence-electron chi connectivity index (χ0n) is 12.3. The lowest BCUT2D eigenvalue weighted by Gasteiger charge is -2.13. The molecule has 3 aromatic rings. The van der Waals surface area contributed by atoms with E-state index >= 15 is 0 Å². The van der Waals surface area contributed by atoms with Gasteiger partial charge >= 0.3 is 0 Å². The maximum Gasteiger partial charge on any atom is 0.269 e. The molecule has 1 amide bonds. The number of fused-ring (bicyclic) bond motifs is 1. The van der Waals surface area contributed by atoms with Crippen LogP contribution in [-0.2, 0) is 6.54 Å². The van der Waals surface area contributed by atoms with Crippen molar-refractivity contribution in [3.63, 3.8) is 0 Å². The van der Waals surface area contributed by atoms with Crippen LogP contribution in [0.2, 0.25) is 5.02 Å². The van der Waals surface area contributed by atoms with E-state index in [-0.39, 0.29) is 10.9 Å². The lowest BCUT2D eigenvalue weighted by Crippen LogP contribution is -2.35. The Labute approximate surface area is 141 Å². The SMILES string of the molecule is O=C1NCCn2nc(-c3ccnc(-c4cc(F)cc(Cl)c4)n3)cc21. The molecule has 1 N–H and O–H groups in total. The third kappa shape index (κ3) is 2.63. The second kappa shape index (κ2) is 5.68. The molecule has 1 aliphatic rings. The zero-order valence-corrected chi connectivity index (χ0v) is 13.1. The van der Waals surface area contributed by atoms with Gasteiger partial charge in [0, 0.05) is 23.3 Å². The highest BCUT2D eigenvalue weighted by Gasteiger charge is 2.20. The Hall–Kier alpha value is -2.80. The molecule has 0 aliphatic carbocycles. The summed E-state index contributed by atoms with van der Waals surface area (Å²) in [6.45, 7) is 1.16. The van der Waals surface area contributed by atoms with Gasteiger partial charge in [-0.2, -0.15) is 5.10 Å². The third-order valence-electron chi connectivity index (χ3n) is 3.66. The van der Waals surface area contributed by atoms with Crippen LogP contribution in [0.5, 0.6) is 0 Å². The van der Waals surface area contributed by atoms with Gasteiger partial charge in [-0.25, -0.2) is 14.4 Å². The van der Waals surface area contributed by atoms with Crippen LogP contribution in [0.3, 0.4) is 0 Å². The van der Waals surface area contributed by atoms with Crippen LogP contribution in [0.4, 0.5) is 4.39 Å². The van der Waals surface area contributed by atoms with Gasteiger partial charge in [0.25, 0.3) is 5.91 Å². The Bertz CT molecular complexity index is 935. The molecule has 6 nitrogen and oxygen atoms in total. The third-order valence-corrected chi connectivity index (χ3v) is 3.88. The summed E-state index contributed by atoms with van der Waals surface area (Å²) in [7, 11) is 0. The Kier molecular flexibility index (Phi) is 3.50. The van der Waals surface area contributed by atoms with Crippen molar-refractivity contribution in [3.05, 3.63) is 53.1 Å². The fourth-order valence-electron chi connectivity index (χ4n) is 2.58. The number of hydrogen-bond acceptors (Lipinski definition) is 4. The first-order valence-electron chi connectivity index (χ1n) is 7.26. The number of carbonyl (C=O) groups is 1. The number of nitrogens with zero attached hydrogens (tertiary/aromatic N) is 4. The average Bonchev–Trinajstić information content (AvgIpc) is 3.00. The molecule has 1 aliphatic heterocycles. The van der Waals surface area contributed by atoms with E-state index in [0.717, 1.165) is 0 Å². The number of halogens is 2. The van der Waals surface area contributed by atoms with Gasteiger partial charge in [-0.05, 0) is 30.3 Å². The van der Waals surface area contributed by atoms with Crippen molar-refractivity contribution in [2.75, 3.05) is 6.54 Å². The van der Waals surface area contributed by atoms with Gasteiger partial charge in [-0.1, -0.05) is 11.6 Å². The normalized spacial score (nSPS) is 13.5. The average molecular weight is 344 g/mol. The fraction of sp³-hybridized carbons (Fsp3) is 0.125. The van der Waals surface area contributed by atoms with E-state index < -0.39 is 5.82 Å². The summed E-state index contributed by atoms with van der Waals surface area (Å²) >= 11 is 5.89. The van der Waals surface area contributed by atoms with E-state index in [9.17, 15) is 9.18 Å². The van der Waals surface area contributed by atoms with E-state index in [1.54, 1.807) is 29.1 Å². The highest BCUT2D eigenvalue weighted by atomic mass is 35.5. The molecule has 0 bridgehead atoms. The molecule has 2 aromatic heterocycles. The van der Waals surface area contributed by atoms with E-state index in [4.69, 9.17) is 11.6 Å². The minimum Gasteiger partial charge on any atom is -0.349 e. The van der Waals surface area contributed by atoms with Gasteiger partial charge in [0.05, 0.1) is 12.2 Å². The first-order chi connectivity index (χ1) is 11.6. The van der Waals surface area contributed by atoms with Crippen LogP contribution in [0.1, 0.15) is 10.5 Å². The molecule has 0 spiro atoms. The molecule has 1 aromatic carbocycles. The molecule has 0 saturated heterocycles. The lowest BCUT2D eigenvalue weighted by atomic mass is 10.2. The maximum absolute atomic E-state index is 13.5. The number of amides is 1. The Morgan fingerprint density at radius 2 is 2.08 bits per heavy atom. The van der Waals surface area contributed by atoms with Crippen LogP contribution >= 0.6 is 11.6 Å². The summed E-state index contributed by atoms with van der Waals surface area (Å²) < 4.78 is 15.2. The first kappa shape index (κ1) is 14.8.